The van der Waals surface area contributed by atoms with Gasteiger partial charge in [0.2, 0.25) is 0 Å². The van der Waals surface area contributed by atoms with Crippen molar-refractivity contribution in [1.29, 1.82) is 0 Å². The Morgan fingerprint density at radius 3 is 2.68 bits per heavy atom. The van der Waals surface area contributed by atoms with Crippen LogP contribution in [0, 0.1) is 0 Å². The molecule has 1 N–H and O–H groups in total. The average Bonchev–Trinajstić information content (AvgIpc) is 2.56. The molecule has 0 heterocycles. The summed E-state index contributed by atoms with van der Waals surface area (Å²) in [7, 11) is 1.53. The summed E-state index contributed by atoms with van der Waals surface area (Å²) in [6.45, 7) is 0.527. The molecule has 22 heavy (non-hydrogen) atoms. The predicted molar refractivity (Wildman–Crippen MR) is 92.4 cm³/mol. The Hall–Kier alpha value is -2.33. The fourth-order valence-corrected chi connectivity index (χ4v) is 2.11. The highest BCUT2D eigenvalue weighted by Crippen LogP contribution is 2.26. The van der Waals surface area contributed by atoms with Crippen LogP contribution < -0.4 is 4.74 Å². The van der Waals surface area contributed by atoms with Gasteiger partial charge in [0.1, 0.15) is 0 Å². The second kappa shape index (κ2) is 8.20. The predicted octanol–water partition coefficient (Wildman–Crippen LogP) is 4.20. The Bertz CT molecular complexity index is 651. The Labute approximate surface area is 135 Å². The number of benzene rings is 2. The van der Waals surface area contributed by atoms with Crippen molar-refractivity contribution in [2.45, 2.75) is 6.42 Å². The van der Waals surface area contributed by atoms with Crippen molar-refractivity contribution in [2.75, 3.05) is 13.7 Å². The molecule has 0 saturated carbocycles. The molecule has 2 aromatic carbocycles. The topological polar surface area (TPSA) is 38.7 Å². The maximum atomic E-state index is 9.53. The standard InChI is InChI=1S/C18H18O3S/c1-20-17-13-14(10-11-16(17)19)7-5-6-12-21-18(22)15-8-3-2-4-9-15/h2-5,7-11,13,19H,6,12H2,1H3/b7-5+. The fraction of sp³-hybridized carbons (Fsp3) is 0.167. The van der Waals surface area contributed by atoms with Gasteiger partial charge in [0.15, 0.2) is 16.5 Å². The van der Waals surface area contributed by atoms with Crippen molar-refractivity contribution in [3.63, 3.8) is 0 Å². The zero-order valence-electron chi connectivity index (χ0n) is 12.4. The molecule has 2 rings (SSSR count). The van der Waals surface area contributed by atoms with Gasteiger partial charge in [-0.1, -0.05) is 48.6 Å². The molecule has 4 heteroatoms. The summed E-state index contributed by atoms with van der Waals surface area (Å²) < 4.78 is 10.6. The zero-order valence-corrected chi connectivity index (χ0v) is 13.2. The van der Waals surface area contributed by atoms with E-state index in [4.69, 9.17) is 21.7 Å². The molecule has 0 aromatic heterocycles. The molecule has 0 aliphatic rings. The van der Waals surface area contributed by atoms with Crippen LogP contribution in [0.25, 0.3) is 6.08 Å². The molecule has 0 fully saturated rings. The Morgan fingerprint density at radius 1 is 1.18 bits per heavy atom. The highest BCUT2D eigenvalue weighted by molar-refractivity contribution is 7.80. The summed E-state index contributed by atoms with van der Waals surface area (Å²) in [5.41, 5.74) is 1.88. The second-order valence-corrected chi connectivity index (χ2v) is 5.00. The number of thiocarbonyl (C=S) groups is 1. The number of phenols is 1. The maximum absolute atomic E-state index is 9.53. The minimum atomic E-state index is 0.135. The molecule has 0 aliphatic carbocycles. The molecular formula is C18H18O3S. The van der Waals surface area contributed by atoms with Crippen LogP contribution in [0.4, 0.5) is 0 Å². The summed E-state index contributed by atoms with van der Waals surface area (Å²) in [5, 5.41) is 10.0. The second-order valence-electron chi connectivity index (χ2n) is 4.62. The van der Waals surface area contributed by atoms with E-state index in [9.17, 15) is 5.11 Å². The van der Waals surface area contributed by atoms with Crippen LogP contribution in [0.15, 0.2) is 54.6 Å². The third-order valence-corrected chi connectivity index (χ3v) is 3.39. The van der Waals surface area contributed by atoms with Gasteiger partial charge in [-0.15, -0.1) is 0 Å². The first-order valence-electron chi connectivity index (χ1n) is 6.96. The van der Waals surface area contributed by atoms with E-state index in [1.165, 1.54) is 7.11 Å². The molecule has 0 amide bonds. The lowest BCUT2D eigenvalue weighted by Gasteiger charge is -2.06. The molecule has 114 valence electrons. The van der Waals surface area contributed by atoms with Crippen molar-refractivity contribution in [1.82, 2.24) is 0 Å². The number of hydrogen-bond acceptors (Lipinski definition) is 4. The molecule has 0 aliphatic heterocycles. The lowest BCUT2D eigenvalue weighted by molar-refractivity contribution is 0.322. The fourth-order valence-electron chi connectivity index (χ4n) is 1.89. The summed E-state index contributed by atoms with van der Waals surface area (Å²) in [6.07, 6.45) is 4.70. The Morgan fingerprint density at radius 2 is 1.95 bits per heavy atom. The van der Waals surface area contributed by atoms with Gasteiger partial charge in [-0.05, 0) is 36.3 Å². The highest BCUT2D eigenvalue weighted by Gasteiger charge is 2.01. The average molecular weight is 314 g/mol. The molecule has 3 nitrogen and oxygen atoms in total. The van der Waals surface area contributed by atoms with Crippen LogP contribution in [0.3, 0.4) is 0 Å². The highest BCUT2D eigenvalue weighted by atomic mass is 32.1. The first kappa shape index (κ1) is 16.0. The smallest absolute Gasteiger partial charge is 0.191 e. The molecule has 2 aromatic rings. The van der Waals surface area contributed by atoms with E-state index in [-0.39, 0.29) is 5.75 Å². The molecule has 0 unspecified atom stereocenters. The number of rotatable bonds is 6. The van der Waals surface area contributed by atoms with E-state index < -0.39 is 0 Å². The van der Waals surface area contributed by atoms with Crippen LogP contribution in [0.1, 0.15) is 17.5 Å². The van der Waals surface area contributed by atoms with Gasteiger partial charge in [0.05, 0.1) is 13.7 Å². The minimum Gasteiger partial charge on any atom is -0.504 e. The van der Waals surface area contributed by atoms with E-state index in [2.05, 4.69) is 0 Å². The number of aromatic hydroxyl groups is 1. The number of methoxy groups -OCH3 is 1. The van der Waals surface area contributed by atoms with Gasteiger partial charge in [-0.25, -0.2) is 0 Å². The van der Waals surface area contributed by atoms with Crippen LogP contribution >= 0.6 is 12.2 Å². The zero-order chi connectivity index (χ0) is 15.8. The lowest BCUT2D eigenvalue weighted by atomic mass is 10.2. The number of phenolic OH excluding ortho intramolecular Hbond substituents is 1. The van der Waals surface area contributed by atoms with Crippen molar-refractivity contribution >= 4 is 23.3 Å². The minimum absolute atomic E-state index is 0.135. The third-order valence-electron chi connectivity index (χ3n) is 3.04. The van der Waals surface area contributed by atoms with E-state index in [0.717, 1.165) is 17.5 Å². The van der Waals surface area contributed by atoms with E-state index in [1.54, 1.807) is 12.1 Å². The molecular weight excluding hydrogens is 296 g/mol. The van der Waals surface area contributed by atoms with E-state index in [0.29, 0.717) is 17.4 Å². The van der Waals surface area contributed by atoms with Crippen molar-refractivity contribution < 1.29 is 14.6 Å². The molecule has 0 spiro atoms. The quantitative estimate of drug-likeness (QED) is 0.641. The van der Waals surface area contributed by atoms with Crippen LogP contribution in [-0.4, -0.2) is 23.9 Å². The largest absolute Gasteiger partial charge is 0.504 e. The van der Waals surface area contributed by atoms with Crippen molar-refractivity contribution in [2.24, 2.45) is 0 Å². The first-order chi connectivity index (χ1) is 10.7. The molecule has 0 bridgehead atoms. The summed E-state index contributed by atoms with van der Waals surface area (Å²) >= 11 is 5.22. The van der Waals surface area contributed by atoms with Crippen LogP contribution in [0.2, 0.25) is 0 Å². The SMILES string of the molecule is COc1cc(/C=C/CCOC(=S)c2ccccc2)ccc1O. The van der Waals surface area contributed by atoms with Crippen molar-refractivity contribution in [3.8, 4) is 11.5 Å². The summed E-state index contributed by atoms with van der Waals surface area (Å²) in [6, 6.07) is 14.9. The number of ether oxygens (including phenoxy) is 2. The Balaban J connectivity index is 1.80. The van der Waals surface area contributed by atoms with Gasteiger partial charge in [-0.2, -0.15) is 0 Å². The van der Waals surface area contributed by atoms with E-state index in [1.807, 2.05) is 48.6 Å². The third kappa shape index (κ3) is 4.60. The van der Waals surface area contributed by atoms with Crippen LogP contribution in [-0.2, 0) is 4.74 Å². The molecule has 0 atom stereocenters. The molecule has 0 radical (unpaired) electrons. The first-order valence-corrected chi connectivity index (χ1v) is 7.37. The van der Waals surface area contributed by atoms with Gasteiger partial charge < -0.3 is 14.6 Å². The van der Waals surface area contributed by atoms with Crippen LogP contribution in [0.5, 0.6) is 11.5 Å². The lowest BCUT2D eigenvalue weighted by Crippen LogP contribution is -2.04. The Kier molecular flexibility index (Phi) is 5.98. The summed E-state index contributed by atoms with van der Waals surface area (Å²) in [5.74, 6) is 0.597. The van der Waals surface area contributed by atoms with Gasteiger partial charge in [0, 0.05) is 5.56 Å². The van der Waals surface area contributed by atoms with E-state index >= 15 is 0 Å². The van der Waals surface area contributed by atoms with Gasteiger partial charge in [-0.3, -0.25) is 0 Å². The summed E-state index contributed by atoms with van der Waals surface area (Å²) in [4.78, 5) is 0. The maximum Gasteiger partial charge on any atom is 0.191 e. The molecule has 0 saturated heterocycles. The van der Waals surface area contributed by atoms with Gasteiger partial charge >= 0.3 is 0 Å². The normalized spacial score (nSPS) is 10.6. The number of hydrogen-bond donors (Lipinski definition) is 1. The van der Waals surface area contributed by atoms with Crippen molar-refractivity contribution in [3.05, 3.63) is 65.7 Å². The van der Waals surface area contributed by atoms with Gasteiger partial charge in [0.25, 0.3) is 0 Å². The monoisotopic (exact) mass is 314 g/mol.